The maximum absolute atomic E-state index is 13.2. The first kappa shape index (κ1) is 20.9. The highest BCUT2D eigenvalue weighted by Gasteiger charge is 2.28. The van der Waals surface area contributed by atoms with Crippen molar-refractivity contribution in [3.63, 3.8) is 0 Å². The number of hydrogen-bond donors (Lipinski definition) is 1. The number of aryl methyl sites for hydroxylation is 1. The molecule has 3 aromatic rings. The van der Waals surface area contributed by atoms with Gasteiger partial charge in [0.25, 0.3) is 5.91 Å². The van der Waals surface area contributed by atoms with E-state index in [2.05, 4.69) is 5.32 Å². The first-order valence-electron chi connectivity index (χ1n) is 10.7. The van der Waals surface area contributed by atoms with Gasteiger partial charge in [0.15, 0.2) is 0 Å². The quantitative estimate of drug-likeness (QED) is 0.642. The van der Waals surface area contributed by atoms with Gasteiger partial charge in [-0.05, 0) is 49.6 Å². The number of morpholine rings is 1. The van der Waals surface area contributed by atoms with Gasteiger partial charge in [-0.3, -0.25) is 4.79 Å². The van der Waals surface area contributed by atoms with E-state index in [0.29, 0.717) is 32.1 Å². The number of nitrogens with one attached hydrogen (secondary N) is 1. The number of amides is 1. The normalized spacial score (nSPS) is 16.6. The maximum Gasteiger partial charge on any atom is 0.256 e. The van der Waals surface area contributed by atoms with Gasteiger partial charge >= 0.3 is 0 Å². The fraction of sp³-hybridized carbons (Fsp3) is 0.304. The molecule has 1 saturated heterocycles. The summed E-state index contributed by atoms with van der Waals surface area (Å²) < 4.78 is 34.4. The van der Waals surface area contributed by atoms with Crippen molar-refractivity contribution < 1.29 is 17.9 Å². The average molecular weight is 453 g/mol. The summed E-state index contributed by atoms with van der Waals surface area (Å²) in [6.45, 7) is 1.35. The maximum atomic E-state index is 13.2. The van der Waals surface area contributed by atoms with E-state index in [-0.39, 0.29) is 16.4 Å². The third kappa shape index (κ3) is 3.83. The van der Waals surface area contributed by atoms with E-state index in [1.54, 1.807) is 16.8 Å². The SMILES string of the molecule is O=C(Nc1c2c(nn1-c1ccccc1)CCC2)c1cccc(S(=O)(=O)N2CCOCC2)c1. The molecule has 1 aliphatic carbocycles. The smallest absolute Gasteiger partial charge is 0.256 e. The van der Waals surface area contributed by atoms with E-state index < -0.39 is 10.0 Å². The summed E-state index contributed by atoms with van der Waals surface area (Å²) in [6.07, 6.45) is 2.73. The molecule has 0 radical (unpaired) electrons. The molecule has 2 heterocycles. The minimum absolute atomic E-state index is 0.105. The lowest BCUT2D eigenvalue weighted by molar-refractivity contribution is 0.0730. The Kier molecular flexibility index (Phi) is 5.54. The highest BCUT2D eigenvalue weighted by atomic mass is 32.2. The first-order valence-corrected chi connectivity index (χ1v) is 12.1. The van der Waals surface area contributed by atoms with Crippen LogP contribution in [-0.4, -0.2) is 54.7 Å². The van der Waals surface area contributed by atoms with Gasteiger partial charge in [0, 0.05) is 24.2 Å². The third-order valence-electron chi connectivity index (χ3n) is 5.84. The zero-order chi connectivity index (χ0) is 22.1. The molecule has 1 N–H and O–H groups in total. The molecule has 1 amide bonds. The van der Waals surface area contributed by atoms with Crippen LogP contribution in [0.4, 0.5) is 5.82 Å². The molecule has 9 heteroatoms. The van der Waals surface area contributed by atoms with Crippen LogP contribution < -0.4 is 5.32 Å². The monoisotopic (exact) mass is 452 g/mol. The molecule has 0 unspecified atom stereocenters. The van der Waals surface area contributed by atoms with Gasteiger partial charge in [-0.2, -0.15) is 9.40 Å². The Hall–Kier alpha value is -3.01. The number of anilines is 1. The number of aromatic nitrogens is 2. The van der Waals surface area contributed by atoms with Crippen LogP contribution in [0.2, 0.25) is 0 Å². The van der Waals surface area contributed by atoms with Crippen molar-refractivity contribution in [2.45, 2.75) is 24.2 Å². The first-order chi connectivity index (χ1) is 15.5. The molecule has 0 bridgehead atoms. The summed E-state index contributed by atoms with van der Waals surface area (Å²) in [6, 6.07) is 15.8. The number of carbonyl (C=O) groups excluding carboxylic acids is 1. The largest absolute Gasteiger partial charge is 0.379 e. The Morgan fingerprint density at radius 3 is 2.56 bits per heavy atom. The predicted octanol–water partition coefficient (Wildman–Crippen LogP) is 2.63. The minimum atomic E-state index is -3.68. The van der Waals surface area contributed by atoms with E-state index in [0.717, 1.165) is 36.2 Å². The van der Waals surface area contributed by atoms with E-state index >= 15 is 0 Å². The summed E-state index contributed by atoms with van der Waals surface area (Å²) >= 11 is 0. The second-order valence-corrected chi connectivity index (χ2v) is 9.81. The zero-order valence-electron chi connectivity index (χ0n) is 17.5. The summed E-state index contributed by atoms with van der Waals surface area (Å²) in [5.74, 6) is 0.283. The third-order valence-corrected chi connectivity index (χ3v) is 7.74. The van der Waals surface area contributed by atoms with Crippen LogP contribution in [0.3, 0.4) is 0 Å². The lowest BCUT2D eigenvalue weighted by Crippen LogP contribution is -2.40. The van der Waals surface area contributed by atoms with Gasteiger partial charge in [-0.15, -0.1) is 0 Å². The number of hydrogen-bond acceptors (Lipinski definition) is 5. The number of para-hydroxylation sites is 1. The second-order valence-electron chi connectivity index (χ2n) is 7.87. The lowest BCUT2D eigenvalue weighted by atomic mass is 10.2. The van der Waals surface area contributed by atoms with E-state index in [9.17, 15) is 13.2 Å². The highest BCUT2D eigenvalue weighted by Crippen LogP contribution is 2.31. The molecule has 0 spiro atoms. The molecule has 32 heavy (non-hydrogen) atoms. The Labute approximate surface area is 186 Å². The number of ether oxygens (including phenoxy) is 1. The Bertz CT molecular complexity index is 1250. The summed E-state index contributed by atoms with van der Waals surface area (Å²) in [7, 11) is -3.68. The van der Waals surface area contributed by atoms with Crippen molar-refractivity contribution in [3.05, 3.63) is 71.4 Å². The van der Waals surface area contributed by atoms with Crippen LogP contribution in [0.5, 0.6) is 0 Å². The molecule has 1 aliphatic heterocycles. The number of nitrogens with zero attached hydrogens (tertiary/aromatic N) is 3. The summed E-state index contributed by atoms with van der Waals surface area (Å²) in [5, 5.41) is 7.71. The molecule has 2 aromatic carbocycles. The molecular formula is C23H24N4O4S. The standard InChI is InChI=1S/C23H24N4O4S/c28-23(17-6-4-9-19(16-17)32(29,30)26-12-14-31-15-13-26)24-22-20-10-5-11-21(20)25-27(22)18-7-2-1-3-8-18/h1-4,6-9,16H,5,10-15H2,(H,24,28). The van der Waals surface area contributed by atoms with Gasteiger partial charge in [-0.1, -0.05) is 24.3 Å². The summed E-state index contributed by atoms with van der Waals surface area (Å²) in [5.41, 5.74) is 3.18. The molecule has 0 saturated carbocycles. The summed E-state index contributed by atoms with van der Waals surface area (Å²) in [4.78, 5) is 13.3. The molecule has 1 aromatic heterocycles. The number of benzene rings is 2. The van der Waals surface area contributed by atoms with Crippen molar-refractivity contribution in [1.29, 1.82) is 0 Å². The number of carbonyl (C=O) groups is 1. The molecule has 1 fully saturated rings. The van der Waals surface area contributed by atoms with Gasteiger partial charge in [0.2, 0.25) is 10.0 Å². The van der Waals surface area contributed by atoms with Crippen molar-refractivity contribution >= 4 is 21.7 Å². The Morgan fingerprint density at radius 2 is 1.78 bits per heavy atom. The van der Waals surface area contributed by atoms with Crippen LogP contribution in [0.25, 0.3) is 5.69 Å². The van der Waals surface area contributed by atoms with Crippen LogP contribution in [0.1, 0.15) is 28.0 Å². The minimum Gasteiger partial charge on any atom is -0.379 e. The van der Waals surface area contributed by atoms with Crippen LogP contribution in [-0.2, 0) is 27.6 Å². The number of fused-ring (bicyclic) bond motifs is 1. The Morgan fingerprint density at radius 1 is 1.00 bits per heavy atom. The van der Waals surface area contributed by atoms with Gasteiger partial charge in [0.1, 0.15) is 5.82 Å². The van der Waals surface area contributed by atoms with Crippen molar-refractivity contribution in [2.75, 3.05) is 31.6 Å². The fourth-order valence-corrected chi connectivity index (χ4v) is 5.64. The average Bonchev–Trinajstić information content (AvgIpc) is 3.43. The zero-order valence-corrected chi connectivity index (χ0v) is 18.3. The van der Waals surface area contributed by atoms with Gasteiger partial charge in [-0.25, -0.2) is 13.1 Å². The molecule has 2 aliphatic rings. The van der Waals surface area contributed by atoms with E-state index in [1.807, 2.05) is 30.3 Å². The topological polar surface area (TPSA) is 93.5 Å². The van der Waals surface area contributed by atoms with Crippen molar-refractivity contribution in [2.24, 2.45) is 0 Å². The van der Waals surface area contributed by atoms with Gasteiger partial charge < -0.3 is 10.1 Å². The molecule has 5 rings (SSSR count). The van der Waals surface area contributed by atoms with E-state index in [1.165, 1.54) is 16.4 Å². The van der Waals surface area contributed by atoms with Crippen molar-refractivity contribution in [3.8, 4) is 5.69 Å². The van der Waals surface area contributed by atoms with Crippen molar-refractivity contribution in [1.82, 2.24) is 14.1 Å². The lowest BCUT2D eigenvalue weighted by Gasteiger charge is -2.26. The number of rotatable bonds is 5. The van der Waals surface area contributed by atoms with Crippen LogP contribution >= 0.6 is 0 Å². The molecule has 166 valence electrons. The van der Waals surface area contributed by atoms with E-state index in [4.69, 9.17) is 9.84 Å². The predicted molar refractivity (Wildman–Crippen MR) is 120 cm³/mol. The second kappa shape index (κ2) is 8.50. The highest BCUT2D eigenvalue weighted by molar-refractivity contribution is 7.89. The Balaban J connectivity index is 1.45. The van der Waals surface area contributed by atoms with Crippen LogP contribution in [0, 0.1) is 0 Å². The van der Waals surface area contributed by atoms with Crippen LogP contribution in [0.15, 0.2) is 59.5 Å². The fourth-order valence-electron chi connectivity index (χ4n) is 4.19. The molecular weight excluding hydrogens is 428 g/mol. The molecule has 0 atom stereocenters. The molecule has 8 nitrogen and oxygen atoms in total. The van der Waals surface area contributed by atoms with Gasteiger partial charge in [0.05, 0.1) is 29.5 Å². The number of sulfonamides is 1.